The molecule has 3 rings (SSSR count). The molecule has 1 aromatic heterocycles. The van der Waals surface area contributed by atoms with E-state index in [2.05, 4.69) is 36.6 Å². The molecule has 0 spiro atoms. The Labute approximate surface area is 153 Å². The number of anilines is 2. The average Bonchev–Trinajstić information content (AvgIpc) is 3.13. The number of aromatic nitrogens is 3. The van der Waals surface area contributed by atoms with Crippen LogP contribution < -0.4 is 20.3 Å². The van der Waals surface area contributed by atoms with Crippen LogP contribution in [0.4, 0.5) is 16.4 Å². The average molecular weight is 356 g/mol. The number of hydrogen-bond donors (Lipinski definition) is 2. The van der Waals surface area contributed by atoms with Gasteiger partial charge in [0.05, 0.1) is 13.7 Å². The molecule has 0 aliphatic carbocycles. The molecule has 1 saturated heterocycles. The normalized spacial score (nSPS) is 13.6. The van der Waals surface area contributed by atoms with Crippen molar-refractivity contribution in [1.29, 1.82) is 0 Å². The highest BCUT2D eigenvalue weighted by Crippen LogP contribution is 2.18. The summed E-state index contributed by atoms with van der Waals surface area (Å²) < 4.78 is 5.17. The highest BCUT2D eigenvalue weighted by molar-refractivity contribution is 5.89. The van der Waals surface area contributed by atoms with E-state index in [1.54, 1.807) is 0 Å². The molecule has 1 aromatic carbocycles. The Morgan fingerprint density at radius 1 is 1.12 bits per heavy atom. The van der Waals surface area contributed by atoms with Crippen molar-refractivity contribution >= 4 is 17.7 Å². The Bertz CT molecular complexity index is 769. The number of rotatable bonds is 5. The number of amides is 2. The lowest BCUT2D eigenvalue weighted by atomic mass is 10.1. The fourth-order valence-corrected chi connectivity index (χ4v) is 3.00. The molecule has 1 fully saturated rings. The Morgan fingerprint density at radius 2 is 1.81 bits per heavy atom. The first kappa shape index (κ1) is 17.9. The summed E-state index contributed by atoms with van der Waals surface area (Å²) in [6.07, 6.45) is 2.25. The fourth-order valence-electron chi connectivity index (χ4n) is 3.00. The summed E-state index contributed by atoms with van der Waals surface area (Å²) in [7, 11) is 1.52. The first-order valence-corrected chi connectivity index (χ1v) is 8.70. The van der Waals surface area contributed by atoms with Crippen molar-refractivity contribution in [3.05, 3.63) is 35.2 Å². The largest absolute Gasteiger partial charge is 0.467 e. The van der Waals surface area contributed by atoms with Crippen LogP contribution in [0.2, 0.25) is 0 Å². The molecule has 0 saturated carbocycles. The van der Waals surface area contributed by atoms with Crippen LogP contribution in [0.25, 0.3) is 0 Å². The third-order valence-electron chi connectivity index (χ3n) is 4.11. The fraction of sp³-hybridized carbons (Fsp3) is 0.444. The minimum absolute atomic E-state index is 0.191. The summed E-state index contributed by atoms with van der Waals surface area (Å²) in [5, 5.41) is 5.61. The molecule has 8 nitrogen and oxygen atoms in total. The second-order valence-electron chi connectivity index (χ2n) is 6.42. The van der Waals surface area contributed by atoms with E-state index in [0.717, 1.165) is 42.7 Å². The number of aryl methyl sites for hydroxylation is 2. The number of ether oxygens (including phenoxy) is 1. The van der Waals surface area contributed by atoms with Crippen LogP contribution in [0.1, 0.15) is 29.8 Å². The van der Waals surface area contributed by atoms with Crippen molar-refractivity contribution in [3.8, 4) is 6.01 Å². The second-order valence-corrected chi connectivity index (χ2v) is 6.42. The molecular weight excluding hydrogens is 332 g/mol. The summed E-state index contributed by atoms with van der Waals surface area (Å²) in [4.78, 5) is 27.2. The van der Waals surface area contributed by atoms with E-state index in [-0.39, 0.29) is 18.6 Å². The van der Waals surface area contributed by atoms with Crippen LogP contribution in [0.5, 0.6) is 6.01 Å². The van der Waals surface area contributed by atoms with Gasteiger partial charge in [-0.15, -0.1) is 0 Å². The number of methoxy groups -OCH3 is 1. The van der Waals surface area contributed by atoms with Gasteiger partial charge in [-0.2, -0.15) is 15.0 Å². The van der Waals surface area contributed by atoms with Gasteiger partial charge in [-0.3, -0.25) is 0 Å². The Hall–Kier alpha value is -2.90. The van der Waals surface area contributed by atoms with E-state index in [1.807, 2.05) is 26.0 Å². The van der Waals surface area contributed by atoms with E-state index in [9.17, 15) is 4.79 Å². The number of carbonyl (C=O) groups excluding carboxylic acids is 1. The molecule has 2 aromatic rings. The van der Waals surface area contributed by atoms with E-state index < -0.39 is 0 Å². The van der Waals surface area contributed by atoms with Crippen molar-refractivity contribution in [2.75, 3.05) is 30.4 Å². The number of nitrogens with one attached hydrogen (secondary N) is 2. The molecule has 0 bridgehead atoms. The minimum Gasteiger partial charge on any atom is -0.467 e. The van der Waals surface area contributed by atoms with Gasteiger partial charge in [0.2, 0.25) is 5.95 Å². The van der Waals surface area contributed by atoms with Crippen LogP contribution in [0.3, 0.4) is 0 Å². The van der Waals surface area contributed by atoms with E-state index in [0.29, 0.717) is 11.8 Å². The highest BCUT2D eigenvalue weighted by atomic mass is 16.5. The summed E-state index contributed by atoms with van der Waals surface area (Å²) in [5.74, 6) is 1.06. The van der Waals surface area contributed by atoms with Gasteiger partial charge in [0.15, 0.2) is 5.82 Å². The van der Waals surface area contributed by atoms with Gasteiger partial charge < -0.3 is 20.3 Å². The molecule has 1 aliphatic rings. The topological polar surface area (TPSA) is 92.3 Å². The lowest BCUT2D eigenvalue weighted by Crippen LogP contribution is -2.30. The van der Waals surface area contributed by atoms with Crippen molar-refractivity contribution in [2.45, 2.75) is 33.2 Å². The molecule has 2 heterocycles. The van der Waals surface area contributed by atoms with Crippen LogP contribution in [-0.4, -0.2) is 41.2 Å². The smallest absolute Gasteiger partial charge is 0.321 e. The molecule has 0 radical (unpaired) electrons. The summed E-state index contributed by atoms with van der Waals surface area (Å²) in [6.45, 7) is 6.02. The van der Waals surface area contributed by atoms with Gasteiger partial charge in [-0.05, 0) is 49.9 Å². The lowest BCUT2D eigenvalue weighted by Gasteiger charge is -2.16. The maximum atomic E-state index is 12.2. The van der Waals surface area contributed by atoms with Crippen LogP contribution in [-0.2, 0) is 6.54 Å². The number of nitrogens with zero attached hydrogens (tertiary/aromatic N) is 4. The summed E-state index contributed by atoms with van der Waals surface area (Å²) in [5.41, 5.74) is 2.95. The van der Waals surface area contributed by atoms with E-state index >= 15 is 0 Å². The number of benzene rings is 1. The van der Waals surface area contributed by atoms with Crippen LogP contribution in [0, 0.1) is 13.8 Å². The monoisotopic (exact) mass is 356 g/mol. The Kier molecular flexibility index (Phi) is 5.50. The number of hydrogen-bond acceptors (Lipinski definition) is 6. The lowest BCUT2D eigenvalue weighted by molar-refractivity contribution is 0.251. The standard InChI is InChI=1S/C18H24N6O2/c1-12-8-13(2)10-14(9-12)20-17(25)19-11-15-21-16(23-18(22-15)26-3)24-6-4-5-7-24/h8-10H,4-7,11H2,1-3H3,(H2,19,20,25). The number of carbonyl (C=O) groups is 1. The third kappa shape index (κ3) is 4.59. The predicted octanol–water partition coefficient (Wildman–Crippen LogP) is 2.42. The second kappa shape index (κ2) is 7.99. The van der Waals surface area contributed by atoms with Crippen LogP contribution in [0.15, 0.2) is 18.2 Å². The molecule has 26 heavy (non-hydrogen) atoms. The van der Waals surface area contributed by atoms with Gasteiger partial charge in [0.1, 0.15) is 0 Å². The molecule has 0 atom stereocenters. The zero-order valence-corrected chi connectivity index (χ0v) is 15.4. The SMILES string of the molecule is COc1nc(CNC(=O)Nc2cc(C)cc(C)c2)nc(N2CCCC2)n1. The molecule has 8 heteroatoms. The summed E-state index contributed by atoms with van der Waals surface area (Å²) in [6, 6.07) is 5.85. The van der Waals surface area contributed by atoms with Gasteiger partial charge in [0, 0.05) is 18.8 Å². The molecule has 138 valence electrons. The van der Waals surface area contributed by atoms with Gasteiger partial charge in [0.25, 0.3) is 0 Å². The van der Waals surface area contributed by atoms with Crippen molar-refractivity contribution in [1.82, 2.24) is 20.3 Å². The minimum atomic E-state index is -0.308. The zero-order valence-electron chi connectivity index (χ0n) is 15.4. The van der Waals surface area contributed by atoms with E-state index in [4.69, 9.17) is 4.74 Å². The molecule has 2 amide bonds. The molecular formula is C18H24N6O2. The van der Waals surface area contributed by atoms with E-state index in [1.165, 1.54) is 7.11 Å². The maximum absolute atomic E-state index is 12.2. The first-order valence-electron chi connectivity index (χ1n) is 8.70. The Morgan fingerprint density at radius 3 is 2.46 bits per heavy atom. The zero-order chi connectivity index (χ0) is 18.5. The Balaban J connectivity index is 1.64. The number of urea groups is 1. The quantitative estimate of drug-likeness (QED) is 0.855. The van der Waals surface area contributed by atoms with Gasteiger partial charge in [-0.1, -0.05) is 6.07 Å². The third-order valence-corrected chi connectivity index (χ3v) is 4.11. The van der Waals surface area contributed by atoms with Gasteiger partial charge >= 0.3 is 12.0 Å². The van der Waals surface area contributed by atoms with Crippen LogP contribution >= 0.6 is 0 Å². The maximum Gasteiger partial charge on any atom is 0.321 e. The van der Waals surface area contributed by atoms with Gasteiger partial charge in [-0.25, -0.2) is 4.79 Å². The predicted molar refractivity (Wildman–Crippen MR) is 99.6 cm³/mol. The highest BCUT2D eigenvalue weighted by Gasteiger charge is 2.18. The first-order chi connectivity index (χ1) is 12.5. The van der Waals surface area contributed by atoms with Crippen molar-refractivity contribution < 1.29 is 9.53 Å². The molecule has 2 N–H and O–H groups in total. The van der Waals surface area contributed by atoms with Crippen molar-refractivity contribution in [2.24, 2.45) is 0 Å². The molecule has 1 aliphatic heterocycles. The summed E-state index contributed by atoms with van der Waals surface area (Å²) >= 11 is 0. The van der Waals surface area contributed by atoms with Crippen molar-refractivity contribution in [3.63, 3.8) is 0 Å². The molecule has 0 unspecified atom stereocenters.